The second-order valence-electron chi connectivity index (χ2n) is 4.42. The molecule has 0 saturated heterocycles. The number of hydrogen-bond donors (Lipinski definition) is 2. The molecule has 0 bridgehead atoms. The predicted octanol–water partition coefficient (Wildman–Crippen LogP) is 2.77. The van der Waals surface area contributed by atoms with E-state index in [1.54, 1.807) is 0 Å². The van der Waals surface area contributed by atoms with Crippen LogP contribution in [0, 0.1) is 0 Å². The van der Waals surface area contributed by atoms with Gasteiger partial charge < -0.3 is 10.1 Å². The number of aryl methyl sites for hydroxylation is 1. The second kappa shape index (κ2) is 7.87. The van der Waals surface area contributed by atoms with Crippen LogP contribution in [0.3, 0.4) is 0 Å². The fourth-order valence-corrected chi connectivity index (χ4v) is 1.86. The number of aromatic hydroxyl groups is 1. The molecule has 0 unspecified atom stereocenters. The zero-order chi connectivity index (χ0) is 12.5. The third-order valence-corrected chi connectivity index (χ3v) is 2.79. The average Bonchev–Trinajstić information content (AvgIpc) is 2.26. The van der Waals surface area contributed by atoms with Crippen molar-refractivity contribution < 1.29 is 5.11 Å². The summed E-state index contributed by atoms with van der Waals surface area (Å²) in [5.74, 6) is 0.398. The SMILES string of the molecule is CCCCCCCCCc1nc(O)cc(=O)[nH]1. The Morgan fingerprint density at radius 3 is 2.47 bits per heavy atom. The first-order chi connectivity index (χ1) is 8.22. The molecule has 0 saturated carbocycles. The first kappa shape index (κ1) is 13.7. The first-order valence-corrected chi connectivity index (χ1v) is 6.51. The van der Waals surface area contributed by atoms with E-state index in [2.05, 4.69) is 16.9 Å². The second-order valence-corrected chi connectivity index (χ2v) is 4.42. The van der Waals surface area contributed by atoms with E-state index in [1.807, 2.05) is 0 Å². The lowest BCUT2D eigenvalue weighted by Gasteiger charge is -2.02. The van der Waals surface area contributed by atoms with Crippen molar-refractivity contribution in [3.63, 3.8) is 0 Å². The summed E-state index contributed by atoms with van der Waals surface area (Å²) in [7, 11) is 0. The molecule has 96 valence electrons. The fraction of sp³-hybridized carbons (Fsp3) is 0.692. The maximum Gasteiger partial charge on any atom is 0.254 e. The lowest BCUT2D eigenvalue weighted by atomic mass is 10.1. The quantitative estimate of drug-likeness (QED) is 0.684. The zero-order valence-electron chi connectivity index (χ0n) is 10.5. The zero-order valence-corrected chi connectivity index (χ0v) is 10.5. The Kier molecular flexibility index (Phi) is 6.37. The Morgan fingerprint density at radius 2 is 1.82 bits per heavy atom. The fourth-order valence-electron chi connectivity index (χ4n) is 1.86. The van der Waals surface area contributed by atoms with E-state index in [0.717, 1.165) is 25.3 Å². The minimum atomic E-state index is -0.282. The highest BCUT2D eigenvalue weighted by molar-refractivity contribution is 5.06. The molecule has 4 nitrogen and oxygen atoms in total. The molecule has 1 aromatic rings. The third-order valence-electron chi connectivity index (χ3n) is 2.79. The Morgan fingerprint density at radius 1 is 1.18 bits per heavy atom. The van der Waals surface area contributed by atoms with Crippen LogP contribution in [0.2, 0.25) is 0 Å². The number of H-pyrrole nitrogens is 1. The number of rotatable bonds is 8. The van der Waals surface area contributed by atoms with Gasteiger partial charge in [-0.05, 0) is 6.42 Å². The van der Waals surface area contributed by atoms with Gasteiger partial charge in [-0.15, -0.1) is 0 Å². The molecule has 1 heterocycles. The van der Waals surface area contributed by atoms with Gasteiger partial charge in [0.15, 0.2) is 0 Å². The van der Waals surface area contributed by atoms with Gasteiger partial charge >= 0.3 is 0 Å². The minimum Gasteiger partial charge on any atom is -0.493 e. The van der Waals surface area contributed by atoms with Crippen molar-refractivity contribution in [2.75, 3.05) is 0 Å². The largest absolute Gasteiger partial charge is 0.493 e. The smallest absolute Gasteiger partial charge is 0.254 e. The lowest BCUT2D eigenvalue weighted by Crippen LogP contribution is -2.09. The summed E-state index contributed by atoms with van der Waals surface area (Å²) in [6.07, 6.45) is 9.34. The van der Waals surface area contributed by atoms with Crippen molar-refractivity contribution in [2.45, 2.75) is 58.3 Å². The van der Waals surface area contributed by atoms with Crippen molar-refractivity contribution in [2.24, 2.45) is 0 Å². The van der Waals surface area contributed by atoms with E-state index in [9.17, 15) is 4.79 Å². The summed E-state index contributed by atoms with van der Waals surface area (Å²) in [6.45, 7) is 2.21. The van der Waals surface area contributed by atoms with Crippen molar-refractivity contribution in [1.82, 2.24) is 9.97 Å². The van der Waals surface area contributed by atoms with Crippen LogP contribution in [-0.4, -0.2) is 15.1 Å². The molecule has 0 fully saturated rings. The summed E-state index contributed by atoms with van der Waals surface area (Å²) in [5, 5.41) is 9.16. The van der Waals surface area contributed by atoms with Gasteiger partial charge in [-0.1, -0.05) is 45.4 Å². The summed E-state index contributed by atoms with van der Waals surface area (Å²) in [4.78, 5) is 17.6. The highest BCUT2D eigenvalue weighted by atomic mass is 16.3. The van der Waals surface area contributed by atoms with Gasteiger partial charge in [-0.2, -0.15) is 0 Å². The van der Waals surface area contributed by atoms with Crippen molar-refractivity contribution in [3.05, 3.63) is 22.2 Å². The molecule has 0 amide bonds. The number of nitrogens with one attached hydrogen (secondary N) is 1. The van der Waals surface area contributed by atoms with Crippen LogP contribution < -0.4 is 5.56 Å². The van der Waals surface area contributed by atoms with Crippen LogP contribution in [0.1, 0.15) is 57.7 Å². The number of hydrogen-bond acceptors (Lipinski definition) is 3. The van der Waals surface area contributed by atoms with Crippen LogP contribution in [0.5, 0.6) is 5.88 Å². The van der Waals surface area contributed by atoms with E-state index < -0.39 is 0 Å². The van der Waals surface area contributed by atoms with E-state index >= 15 is 0 Å². The van der Waals surface area contributed by atoms with Gasteiger partial charge in [0.25, 0.3) is 5.56 Å². The van der Waals surface area contributed by atoms with Crippen LogP contribution >= 0.6 is 0 Å². The molecule has 17 heavy (non-hydrogen) atoms. The van der Waals surface area contributed by atoms with E-state index in [4.69, 9.17) is 5.11 Å². The molecule has 0 aromatic carbocycles. The highest BCUT2D eigenvalue weighted by Crippen LogP contribution is 2.09. The molecule has 0 radical (unpaired) electrons. The predicted molar refractivity (Wildman–Crippen MR) is 68.2 cm³/mol. The van der Waals surface area contributed by atoms with Crippen molar-refractivity contribution >= 4 is 0 Å². The maximum absolute atomic E-state index is 11.1. The normalized spacial score (nSPS) is 10.6. The van der Waals surface area contributed by atoms with Gasteiger partial charge in [-0.25, -0.2) is 4.98 Å². The van der Waals surface area contributed by atoms with Crippen molar-refractivity contribution in [3.8, 4) is 5.88 Å². The average molecular weight is 238 g/mol. The monoisotopic (exact) mass is 238 g/mol. The molecule has 0 atom stereocenters. The van der Waals surface area contributed by atoms with Gasteiger partial charge in [0.05, 0.1) is 6.07 Å². The summed E-state index contributed by atoms with van der Waals surface area (Å²) in [6, 6.07) is 1.09. The Labute approximate surface area is 102 Å². The Hall–Kier alpha value is -1.32. The molecule has 4 heteroatoms. The molecular weight excluding hydrogens is 216 g/mol. The molecule has 0 aliphatic rings. The molecule has 0 aliphatic heterocycles. The maximum atomic E-state index is 11.1. The summed E-state index contributed by atoms with van der Waals surface area (Å²) >= 11 is 0. The minimum absolute atomic E-state index is 0.188. The number of unbranched alkanes of at least 4 members (excludes halogenated alkanes) is 6. The summed E-state index contributed by atoms with van der Waals surface area (Å²) in [5.41, 5.74) is -0.282. The topological polar surface area (TPSA) is 66.0 Å². The molecule has 0 spiro atoms. The number of aromatic amines is 1. The van der Waals surface area contributed by atoms with Gasteiger partial charge in [-0.3, -0.25) is 4.79 Å². The summed E-state index contributed by atoms with van der Waals surface area (Å²) < 4.78 is 0. The molecule has 0 aliphatic carbocycles. The van der Waals surface area contributed by atoms with E-state index in [-0.39, 0.29) is 11.4 Å². The Balaban J connectivity index is 2.16. The van der Waals surface area contributed by atoms with E-state index in [1.165, 1.54) is 32.1 Å². The highest BCUT2D eigenvalue weighted by Gasteiger charge is 1.99. The third kappa shape index (κ3) is 6.09. The van der Waals surface area contributed by atoms with Gasteiger partial charge in [0.1, 0.15) is 5.82 Å². The van der Waals surface area contributed by atoms with Gasteiger partial charge in [0, 0.05) is 6.42 Å². The molecule has 1 rings (SSSR count). The molecule has 2 N–H and O–H groups in total. The van der Waals surface area contributed by atoms with E-state index in [0.29, 0.717) is 5.82 Å². The molecule has 1 aromatic heterocycles. The van der Waals surface area contributed by atoms with Crippen LogP contribution in [0.4, 0.5) is 0 Å². The number of aromatic nitrogens is 2. The Bertz CT molecular complexity index is 374. The van der Waals surface area contributed by atoms with Crippen LogP contribution in [-0.2, 0) is 6.42 Å². The van der Waals surface area contributed by atoms with Crippen LogP contribution in [0.15, 0.2) is 10.9 Å². The molecular formula is C13H22N2O2. The van der Waals surface area contributed by atoms with Gasteiger partial charge in [0.2, 0.25) is 5.88 Å². The lowest BCUT2D eigenvalue weighted by molar-refractivity contribution is 0.446. The first-order valence-electron chi connectivity index (χ1n) is 6.51. The van der Waals surface area contributed by atoms with Crippen molar-refractivity contribution in [1.29, 1.82) is 0 Å². The standard InChI is InChI=1S/C13H22N2O2/c1-2-3-4-5-6-7-8-9-11-14-12(16)10-13(17)15-11/h10H,2-9H2,1H3,(H2,14,15,16,17). The van der Waals surface area contributed by atoms with Crippen LogP contribution in [0.25, 0.3) is 0 Å². The number of nitrogens with zero attached hydrogens (tertiary/aromatic N) is 1.